The van der Waals surface area contributed by atoms with Gasteiger partial charge in [-0.15, -0.1) is 0 Å². The lowest BCUT2D eigenvalue weighted by atomic mass is 10.0. The number of hydrogen-bond acceptors (Lipinski definition) is 3. The van der Waals surface area contributed by atoms with Crippen LogP contribution in [0, 0.1) is 0 Å². The normalized spacial score (nSPS) is 16.6. The Morgan fingerprint density at radius 1 is 1.13 bits per heavy atom. The molecule has 0 radical (unpaired) electrons. The smallest absolute Gasteiger partial charge is 0.265 e. The number of likely N-dealkylation sites (tertiary alicyclic amines) is 1. The Morgan fingerprint density at radius 2 is 1.87 bits per heavy atom. The molecule has 4 rings (SSSR count). The third-order valence-electron chi connectivity index (χ3n) is 5.78. The second-order valence-corrected chi connectivity index (χ2v) is 8.73. The van der Waals surface area contributed by atoms with Crippen molar-refractivity contribution in [3.8, 4) is 11.1 Å². The van der Waals surface area contributed by atoms with Gasteiger partial charge < -0.3 is 0 Å². The average molecular weight is 422 g/mol. The fourth-order valence-electron chi connectivity index (χ4n) is 4.10. The van der Waals surface area contributed by atoms with Gasteiger partial charge in [0.05, 0.1) is 10.9 Å². The minimum Gasteiger partial charge on any atom is -0.300 e. The Hall–Kier alpha value is -2.43. The van der Waals surface area contributed by atoms with E-state index in [-0.39, 0.29) is 11.5 Å². The molecule has 2 heterocycles. The summed E-state index contributed by atoms with van der Waals surface area (Å²) in [7, 11) is 0. The highest BCUT2D eigenvalue weighted by Gasteiger charge is 2.17. The molecule has 30 heavy (non-hydrogen) atoms. The molecule has 2 aromatic carbocycles. The minimum absolute atomic E-state index is 0.000588. The topological polar surface area (TPSA) is 38.1 Å². The van der Waals surface area contributed by atoms with Crippen molar-refractivity contribution in [1.29, 1.82) is 0 Å². The summed E-state index contributed by atoms with van der Waals surface area (Å²) in [6, 6.07) is 13.6. The molecule has 4 nitrogen and oxygen atoms in total. The summed E-state index contributed by atoms with van der Waals surface area (Å²) in [4.78, 5) is 20.9. The fraction of sp³-hybridized carbons (Fsp3) is 0.360. The molecule has 0 N–H and O–H groups in total. The lowest BCUT2D eigenvalue weighted by Crippen LogP contribution is -2.32. The number of likely N-dealkylation sites (N-methyl/N-ethyl adjacent to an activating group) is 1. The second kappa shape index (κ2) is 8.75. The van der Waals surface area contributed by atoms with Crippen molar-refractivity contribution in [3.63, 3.8) is 0 Å². The van der Waals surface area contributed by atoms with Gasteiger partial charge in [-0.25, -0.2) is 4.98 Å². The zero-order valence-corrected chi connectivity index (χ0v) is 18.6. The van der Waals surface area contributed by atoms with Crippen LogP contribution in [0.3, 0.4) is 0 Å². The SMILES string of the molecule is CCN1CCC/C(=C/n2c(C(C)C)nc3ccc(-c4ccc(Cl)cc4)cc3c2=O)C1. The highest BCUT2D eigenvalue weighted by molar-refractivity contribution is 6.30. The maximum absolute atomic E-state index is 13.6. The number of halogens is 1. The van der Waals surface area contributed by atoms with Gasteiger partial charge >= 0.3 is 0 Å². The Balaban J connectivity index is 1.85. The molecule has 0 unspecified atom stereocenters. The molecule has 0 spiro atoms. The Labute approximate surface area is 182 Å². The van der Waals surface area contributed by atoms with E-state index in [4.69, 9.17) is 16.6 Å². The Kier molecular flexibility index (Phi) is 6.07. The van der Waals surface area contributed by atoms with Crippen LogP contribution in [0.2, 0.25) is 5.02 Å². The molecular weight excluding hydrogens is 394 g/mol. The van der Waals surface area contributed by atoms with Crippen LogP contribution in [0.15, 0.2) is 52.8 Å². The molecule has 5 heteroatoms. The summed E-state index contributed by atoms with van der Waals surface area (Å²) in [5, 5.41) is 1.34. The van der Waals surface area contributed by atoms with Gasteiger partial charge in [-0.1, -0.05) is 50.6 Å². The molecule has 0 atom stereocenters. The van der Waals surface area contributed by atoms with Gasteiger partial charge in [0.15, 0.2) is 0 Å². The van der Waals surface area contributed by atoms with Crippen molar-refractivity contribution in [1.82, 2.24) is 14.5 Å². The third kappa shape index (κ3) is 4.21. The van der Waals surface area contributed by atoms with E-state index < -0.39 is 0 Å². The van der Waals surface area contributed by atoms with Gasteiger partial charge in [0.2, 0.25) is 0 Å². The molecule has 0 amide bonds. The van der Waals surface area contributed by atoms with Gasteiger partial charge in [-0.2, -0.15) is 0 Å². The highest BCUT2D eigenvalue weighted by Crippen LogP contribution is 2.25. The largest absolute Gasteiger partial charge is 0.300 e. The van der Waals surface area contributed by atoms with E-state index in [1.165, 1.54) is 5.57 Å². The van der Waals surface area contributed by atoms with Gasteiger partial charge in [0.25, 0.3) is 5.56 Å². The highest BCUT2D eigenvalue weighted by atomic mass is 35.5. The Morgan fingerprint density at radius 3 is 2.57 bits per heavy atom. The lowest BCUT2D eigenvalue weighted by molar-refractivity contribution is 0.280. The summed E-state index contributed by atoms with van der Waals surface area (Å²) in [5.41, 5.74) is 4.06. The maximum atomic E-state index is 13.6. The van der Waals surface area contributed by atoms with Crippen LogP contribution in [0.5, 0.6) is 0 Å². The first kappa shape index (κ1) is 20.8. The van der Waals surface area contributed by atoms with Crippen molar-refractivity contribution >= 4 is 28.7 Å². The van der Waals surface area contributed by atoms with E-state index in [9.17, 15) is 4.79 Å². The van der Waals surface area contributed by atoms with Crippen molar-refractivity contribution in [3.05, 3.63) is 69.2 Å². The molecule has 0 bridgehead atoms. The first-order chi connectivity index (χ1) is 14.5. The maximum Gasteiger partial charge on any atom is 0.265 e. The second-order valence-electron chi connectivity index (χ2n) is 8.30. The van der Waals surface area contributed by atoms with Crippen molar-refractivity contribution in [2.75, 3.05) is 19.6 Å². The van der Waals surface area contributed by atoms with Crippen LogP contribution < -0.4 is 5.56 Å². The molecule has 1 fully saturated rings. The number of piperidine rings is 1. The molecular formula is C25H28ClN3O. The lowest BCUT2D eigenvalue weighted by Gasteiger charge is -2.27. The summed E-state index contributed by atoms with van der Waals surface area (Å²) in [5.74, 6) is 0.966. The summed E-state index contributed by atoms with van der Waals surface area (Å²) < 4.78 is 1.78. The number of benzene rings is 2. The first-order valence-electron chi connectivity index (χ1n) is 10.7. The monoisotopic (exact) mass is 421 g/mol. The van der Waals surface area contributed by atoms with E-state index in [0.29, 0.717) is 10.4 Å². The molecule has 156 valence electrons. The van der Waals surface area contributed by atoms with Crippen LogP contribution >= 0.6 is 11.6 Å². The fourth-order valence-corrected chi connectivity index (χ4v) is 4.23. The van der Waals surface area contributed by atoms with Crippen molar-refractivity contribution < 1.29 is 0 Å². The number of aromatic nitrogens is 2. The molecule has 1 aliphatic rings. The molecule has 1 saturated heterocycles. The predicted molar refractivity (Wildman–Crippen MR) is 126 cm³/mol. The van der Waals surface area contributed by atoms with E-state index in [2.05, 4.69) is 25.7 Å². The van der Waals surface area contributed by atoms with E-state index in [1.54, 1.807) is 4.57 Å². The number of fused-ring (bicyclic) bond motifs is 1. The number of rotatable bonds is 4. The van der Waals surface area contributed by atoms with Crippen LogP contribution in [-0.2, 0) is 0 Å². The van der Waals surface area contributed by atoms with Crippen LogP contribution in [-0.4, -0.2) is 34.1 Å². The first-order valence-corrected chi connectivity index (χ1v) is 11.1. The Bertz CT molecular complexity index is 1150. The molecule has 1 aliphatic heterocycles. The van der Waals surface area contributed by atoms with Crippen LogP contribution in [0.4, 0.5) is 0 Å². The molecule has 3 aromatic rings. The van der Waals surface area contributed by atoms with Gasteiger partial charge in [0, 0.05) is 23.7 Å². The number of nitrogens with zero attached hydrogens (tertiary/aromatic N) is 3. The predicted octanol–water partition coefficient (Wildman–Crippen LogP) is 5.80. The van der Waals surface area contributed by atoms with Crippen molar-refractivity contribution in [2.24, 2.45) is 0 Å². The third-order valence-corrected chi connectivity index (χ3v) is 6.03. The summed E-state index contributed by atoms with van der Waals surface area (Å²) in [6.07, 6.45) is 4.21. The van der Waals surface area contributed by atoms with Gasteiger partial charge in [0.1, 0.15) is 5.82 Å². The van der Waals surface area contributed by atoms with E-state index >= 15 is 0 Å². The van der Waals surface area contributed by atoms with Crippen LogP contribution in [0.1, 0.15) is 45.4 Å². The number of hydrogen-bond donors (Lipinski definition) is 0. The van der Waals surface area contributed by atoms with Gasteiger partial charge in [-0.05, 0) is 66.9 Å². The summed E-state index contributed by atoms with van der Waals surface area (Å²) in [6.45, 7) is 9.44. The summed E-state index contributed by atoms with van der Waals surface area (Å²) >= 11 is 6.03. The molecule has 0 saturated carbocycles. The van der Waals surface area contributed by atoms with Crippen LogP contribution in [0.25, 0.3) is 28.2 Å². The van der Waals surface area contributed by atoms with Crippen molar-refractivity contribution in [2.45, 2.75) is 39.5 Å². The minimum atomic E-state index is 0.000588. The van der Waals surface area contributed by atoms with E-state index in [1.807, 2.05) is 48.7 Å². The van der Waals surface area contributed by atoms with E-state index in [0.717, 1.165) is 54.9 Å². The zero-order valence-electron chi connectivity index (χ0n) is 17.9. The molecule has 0 aliphatic carbocycles. The average Bonchev–Trinajstić information content (AvgIpc) is 2.76. The molecule has 1 aromatic heterocycles. The van der Waals surface area contributed by atoms with Gasteiger partial charge in [-0.3, -0.25) is 14.3 Å². The quantitative estimate of drug-likeness (QED) is 0.534. The zero-order chi connectivity index (χ0) is 21.3. The standard InChI is InChI=1S/C25H28ClN3O/c1-4-28-13-5-6-18(15-28)16-29-24(17(2)3)27-23-12-9-20(14-22(23)25(29)30)19-7-10-21(26)11-8-19/h7-12,14,16-17H,4-6,13,15H2,1-3H3/b18-16-.